The number of nitrogens with zero attached hydrogens (tertiary/aromatic N) is 2. The lowest BCUT2D eigenvalue weighted by molar-refractivity contribution is 0.498. The summed E-state index contributed by atoms with van der Waals surface area (Å²) in [6.07, 6.45) is 12.1. The molecule has 1 aromatic heterocycles. The molecule has 2 aromatic rings. The quantitative estimate of drug-likeness (QED) is 0.389. The van der Waals surface area contributed by atoms with E-state index in [0.29, 0.717) is 0 Å². The number of rotatable bonds is 6. The number of aromatic nitrogens is 1. The number of aryl methyl sites for hydroxylation is 2. The molecule has 0 N–H and O–H groups in total. The zero-order valence-electron chi connectivity index (χ0n) is 18.4. The smallest absolute Gasteiger partial charge is 0.128 e. The van der Waals surface area contributed by atoms with Gasteiger partial charge in [-0.15, -0.1) is 6.58 Å². The van der Waals surface area contributed by atoms with Crippen LogP contribution in [0.15, 0.2) is 48.6 Å². The van der Waals surface area contributed by atoms with Crippen LogP contribution in [-0.2, 0) is 19.4 Å². The summed E-state index contributed by atoms with van der Waals surface area (Å²) in [6, 6.07) is 1.63. The van der Waals surface area contributed by atoms with Gasteiger partial charge in [-0.1, -0.05) is 25.7 Å². The van der Waals surface area contributed by atoms with Gasteiger partial charge in [0.05, 0.1) is 16.9 Å². The highest BCUT2D eigenvalue weighted by Gasteiger charge is 2.30. The lowest BCUT2D eigenvalue weighted by atomic mass is 9.85. The average Bonchev–Trinajstić information content (AvgIpc) is 3.06. The average molecular weight is 403 g/mol. The number of benzene rings is 1. The first-order valence-electron chi connectivity index (χ1n) is 11.0. The molecule has 30 heavy (non-hydrogen) atoms. The van der Waals surface area contributed by atoms with E-state index in [4.69, 9.17) is 4.98 Å². The van der Waals surface area contributed by atoms with Crippen LogP contribution < -0.4 is 0 Å². The van der Waals surface area contributed by atoms with Crippen LogP contribution in [0.1, 0.15) is 60.6 Å². The minimum atomic E-state index is -0.137. The van der Waals surface area contributed by atoms with Crippen molar-refractivity contribution in [3.05, 3.63) is 82.4 Å². The molecule has 3 heteroatoms. The molecule has 1 aliphatic carbocycles. The van der Waals surface area contributed by atoms with Crippen molar-refractivity contribution in [2.75, 3.05) is 7.05 Å². The third-order valence-electron chi connectivity index (χ3n) is 6.69. The topological polar surface area (TPSA) is 16.1 Å². The third-order valence-corrected chi connectivity index (χ3v) is 6.69. The van der Waals surface area contributed by atoms with Gasteiger partial charge in [0, 0.05) is 30.6 Å². The van der Waals surface area contributed by atoms with Crippen molar-refractivity contribution in [3.8, 4) is 0 Å². The Morgan fingerprint density at radius 2 is 1.97 bits per heavy atom. The Morgan fingerprint density at radius 1 is 1.20 bits per heavy atom. The highest BCUT2D eigenvalue weighted by Crippen LogP contribution is 2.41. The van der Waals surface area contributed by atoms with Gasteiger partial charge in [0.25, 0.3) is 0 Å². The maximum atomic E-state index is 14.6. The molecule has 1 aromatic carbocycles. The summed E-state index contributed by atoms with van der Waals surface area (Å²) in [5, 5.41) is 1.21. The number of hydrogen-bond donors (Lipinski definition) is 0. The van der Waals surface area contributed by atoms with Crippen LogP contribution in [0.5, 0.6) is 0 Å². The number of halogens is 1. The maximum absolute atomic E-state index is 14.6. The van der Waals surface area contributed by atoms with Crippen LogP contribution in [0.3, 0.4) is 0 Å². The first-order valence-corrected chi connectivity index (χ1v) is 11.0. The monoisotopic (exact) mass is 402 g/mol. The summed E-state index contributed by atoms with van der Waals surface area (Å²) in [7, 11) is 2.13. The van der Waals surface area contributed by atoms with Gasteiger partial charge in [0.2, 0.25) is 0 Å². The van der Waals surface area contributed by atoms with Gasteiger partial charge in [0.15, 0.2) is 0 Å². The van der Waals surface area contributed by atoms with E-state index in [1.165, 1.54) is 27.7 Å². The van der Waals surface area contributed by atoms with E-state index in [-0.39, 0.29) is 5.82 Å². The van der Waals surface area contributed by atoms with Crippen LogP contribution in [-0.4, -0.2) is 16.9 Å². The molecule has 1 aliphatic heterocycles. The van der Waals surface area contributed by atoms with Gasteiger partial charge < -0.3 is 4.90 Å². The maximum Gasteiger partial charge on any atom is 0.128 e. The van der Waals surface area contributed by atoms with Crippen molar-refractivity contribution in [2.45, 2.75) is 58.9 Å². The second kappa shape index (κ2) is 8.22. The Labute approximate surface area is 179 Å². The standard InChI is InChI=1S/C27H31FN2/c1-6-9-11-18(7-2)19(8-3)14-25-27-22(16-30(25)5)21-13-10-12-20-17(4)23(28)15-24(29-27)26(20)21/h6-7,14-15H,1-2,8-13,16H2,3-5H3/b19-18+,25-14-. The fraction of sp³-hybridized carbons (Fsp3) is 0.370. The van der Waals surface area contributed by atoms with E-state index in [1.807, 2.05) is 19.1 Å². The van der Waals surface area contributed by atoms with E-state index < -0.39 is 0 Å². The van der Waals surface area contributed by atoms with E-state index in [0.717, 1.165) is 73.1 Å². The van der Waals surface area contributed by atoms with Crippen molar-refractivity contribution in [3.63, 3.8) is 0 Å². The molecular weight excluding hydrogens is 371 g/mol. The van der Waals surface area contributed by atoms with Gasteiger partial charge in [-0.05, 0) is 79.4 Å². The molecule has 2 nitrogen and oxygen atoms in total. The summed E-state index contributed by atoms with van der Waals surface area (Å²) in [4.78, 5) is 7.30. The summed E-state index contributed by atoms with van der Waals surface area (Å²) < 4.78 is 14.6. The van der Waals surface area contributed by atoms with Crippen molar-refractivity contribution in [1.29, 1.82) is 0 Å². The lowest BCUT2D eigenvalue weighted by Gasteiger charge is -2.21. The van der Waals surface area contributed by atoms with Crippen LogP contribution in [0.25, 0.3) is 16.6 Å². The van der Waals surface area contributed by atoms with Crippen molar-refractivity contribution >= 4 is 16.6 Å². The number of pyridine rings is 1. The Hall–Kier alpha value is -2.68. The fourth-order valence-corrected chi connectivity index (χ4v) is 5.03. The molecule has 2 aliphatic rings. The number of hydrogen-bond acceptors (Lipinski definition) is 2. The van der Waals surface area contributed by atoms with Gasteiger partial charge in [-0.25, -0.2) is 9.37 Å². The minimum absolute atomic E-state index is 0.137. The third kappa shape index (κ3) is 3.30. The molecule has 0 amide bonds. The molecule has 0 fully saturated rings. The number of allylic oxidation sites excluding steroid dienone is 5. The Kier molecular flexibility index (Phi) is 5.64. The Bertz CT molecular complexity index is 1100. The van der Waals surface area contributed by atoms with Crippen molar-refractivity contribution < 1.29 is 4.39 Å². The molecule has 0 unspecified atom stereocenters. The molecule has 0 atom stereocenters. The summed E-state index contributed by atoms with van der Waals surface area (Å²) in [5.41, 5.74) is 10.2. The molecule has 0 radical (unpaired) electrons. The molecule has 0 saturated heterocycles. The molecule has 0 bridgehead atoms. The van der Waals surface area contributed by atoms with Crippen molar-refractivity contribution in [1.82, 2.24) is 9.88 Å². The lowest BCUT2D eigenvalue weighted by Crippen LogP contribution is -2.10. The Balaban J connectivity index is 1.93. The summed E-state index contributed by atoms with van der Waals surface area (Å²) in [6.45, 7) is 12.8. The second-order valence-electron chi connectivity index (χ2n) is 8.45. The first kappa shape index (κ1) is 20.6. The summed E-state index contributed by atoms with van der Waals surface area (Å²) in [5.74, 6) is -0.137. The molecule has 0 saturated carbocycles. The zero-order chi connectivity index (χ0) is 21.4. The van der Waals surface area contributed by atoms with Crippen molar-refractivity contribution in [2.24, 2.45) is 0 Å². The normalized spacial score (nSPS) is 17.3. The van der Waals surface area contributed by atoms with Crippen LogP contribution in [0.4, 0.5) is 4.39 Å². The zero-order valence-corrected chi connectivity index (χ0v) is 18.4. The van der Waals surface area contributed by atoms with Crippen LogP contribution in [0.2, 0.25) is 0 Å². The van der Waals surface area contributed by atoms with E-state index in [9.17, 15) is 4.39 Å². The summed E-state index contributed by atoms with van der Waals surface area (Å²) >= 11 is 0. The van der Waals surface area contributed by atoms with Crippen LogP contribution in [0, 0.1) is 12.7 Å². The number of fused-ring (bicyclic) bond motifs is 2. The highest BCUT2D eigenvalue weighted by molar-refractivity contribution is 5.92. The molecule has 0 spiro atoms. The van der Waals surface area contributed by atoms with E-state index in [2.05, 4.69) is 38.1 Å². The molecule has 156 valence electrons. The molecule has 4 rings (SSSR count). The van der Waals surface area contributed by atoms with E-state index >= 15 is 0 Å². The van der Waals surface area contributed by atoms with Gasteiger partial charge >= 0.3 is 0 Å². The molecule has 2 heterocycles. The highest BCUT2D eigenvalue weighted by atomic mass is 19.1. The second-order valence-corrected chi connectivity index (χ2v) is 8.45. The largest absolute Gasteiger partial charge is 0.368 e. The Morgan fingerprint density at radius 3 is 2.67 bits per heavy atom. The SMILES string of the molecule is C=CCC/C(C=C)=C(/C=C1/c2nc3cc(F)c(C)c4c3c(c2CN1C)CCC4)CC. The van der Waals surface area contributed by atoms with Crippen LogP contribution >= 0.6 is 0 Å². The van der Waals surface area contributed by atoms with Gasteiger partial charge in [0.1, 0.15) is 5.82 Å². The van der Waals surface area contributed by atoms with Gasteiger partial charge in [-0.2, -0.15) is 0 Å². The van der Waals surface area contributed by atoms with Gasteiger partial charge in [-0.3, -0.25) is 0 Å². The minimum Gasteiger partial charge on any atom is -0.368 e. The molecular formula is C27H31FN2. The predicted molar refractivity (Wildman–Crippen MR) is 125 cm³/mol. The first-order chi connectivity index (χ1) is 14.5. The predicted octanol–water partition coefficient (Wildman–Crippen LogP) is 6.82. The fourth-order valence-electron chi connectivity index (χ4n) is 5.03. The van der Waals surface area contributed by atoms with E-state index in [1.54, 1.807) is 6.07 Å².